The van der Waals surface area contributed by atoms with Gasteiger partial charge in [-0.15, -0.1) is 0 Å². The number of nitrogens with one attached hydrogen (secondary N) is 2. The zero-order chi connectivity index (χ0) is 18.4. The summed E-state index contributed by atoms with van der Waals surface area (Å²) in [6.45, 7) is -0.464. The predicted molar refractivity (Wildman–Crippen MR) is 91.8 cm³/mol. The third kappa shape index (κ3) is 4.71. The number of ether oxygens (including phenoxy) is 1. The van der Waals surface area contributed by atoms with E-state index in [4.69, 9.17) is 15.6 Å². The number of methoxy groups -OCH3 is 1. The first-order valence-electron chi connectivity index (χ1n) is 7.25. The second-order valence-electron chi connectivity index (χ2n) is 5.06. The van der Waals surface area contributed by atoms with Crippen LogP contribution in [0.1, 0.15) is 20.7 Å². The molecule has 0 aliphatic rings. The van der Waals surface area contributed by atoms with Crippen molar-refractivity contribution in [2.45, 2.75) is 0 Å². The molecule has 0 bridgehead atoms. The number of anilines is 2. The number of hydrogen-bond acceptors (Lipinski definition) is 5. The summed E-state index contributed by atoms with van der Waals surface area (Å²) in [7, 11) is 1.50. The molecular formula is C17H17N3O5. The number of benzene rings is 2. The molecule has 0 spiro atoms. The fraction of sp³-hybridized carbons (Fsp3) is 0.118. The molecule has 8 nitrogen and oxygen atoms in total. The van der Waals surface area contributed by atoms with Gasteiger partial charge in [0, 0.05) is 23.0 Å². The minimum Gasteiger partial charge on any atom is -0.497 e. The smallest absolute Gasteiger partial charge is 0.322 e. The van der Waals surface area contributed by atoms with E-state index in [2.05, 4.69) is 10.6 Å². The molecule has 0 aliphatic carbocycles. The van der Waals surface area contributed by atoms with Crippen molar-refractivity contribution < 1.29 is 24.2 Å². The molecule has 0 aliphatic heterocycles. The molecule has 8 heteroatoms. The molecule has 0 unspecified atom stereocenters. The summed E-state index contributed by atoms with van der Waals surface area (Å²) < 4.78 is 5.03. The van der Waals surface area contributed by atoms with Crippen LogP contribution in [-0.2, 0) is 4.79 Å². The second kappa shape index (κ2) is 7.82. The van der Waals surface area contributed by atoms with E-state index >= 15 is 0 Å². The van der Waals surface area contributed by atoms with Gasteiger partial charge in [-0.05, 0) is 36.4 Å². The van der Waals surface area contributed by atoms with Crippen LogP contribution in [-0.4, -0.2) is 36.5 Å². The Morgan fingerprint density at radius 1 is 1.08 bits per heavy atom. The topological polar surface area (TPSA) is 131 Å². The largest absolute Gasteiger partial charge is 0.497 e. The maximum atomic E-state index is 12.3. The van der Waals surface area contributed by atoms with E-state index in [1.54, 1.807) is 18.2 Å². The number of hydrogen-bond donors (Lipinski definition) is 4. The fourth-order valence-corrected chi connectivity index (χ4v) is 2.04. The molecule has 130 valence electrons. The number of carbonyl (C=O) groups is 3. The molecule has 2 rings (SSSR count). The molecule has 0 radical (unpaired) electrons. The first-order valence-corrected chi connectivity index (χ1v) is 7.25. The van der Waals surface area contributed by atoms with Crippen molar-refractivity contribution >= 4 is 29.2 Å². The van der Waals surface area contributed by atoms with Crippen LogP contribution >= 0.6 is 0 Å². The predicted octanol–water partition coefficient (Wildman–Crippen LogP) is 1.34. The van der Waals surface area contributed by atoms with Crippen LogP contribution in [0.5, 0.6) is 5.75 Å². The van der Waals surface area contributed by atoms with E-state index in [1.165, 1.54) is 31.4 Å². The number of carbonyl (C=O) groups excluding carboxylic acids is 2. The van der Waals surface area contributed by atoms with E-state index in [-0.39, 0.29) is 11.3 Å². The highest BCUT2D eigenvalue weighted by Crippen LogP contribution is 2.21. The van der Waals surface area contributed by atoms with Crippen LogP contribution < -0.4 is 21.1 Å². The number of rotatable bonds is 6. The van der Waals surface area contributed by atoms with Crippen LogP contribution in [0.3, 0.4) is 0 Å². The van der Waals surface area contributed by atoms with Crippen molar-refractivity contribution in [2.24, 2.45) is 0 Å². The zero-order valence-electron chi connectivity index (χ0n) is 13.4. The molecule has 0 heterocycles. The monoisotopic (exact) mass is 343 g/mol. The van der Waals surface area contributed by atoms with Crippen molar-refractivity contribution in [3.63, 3.8) is 0 Å². The van der Waals surface area contributed by atoms with E-state index in [1.807, 2.05) is 0 Å². The Hall–Kier alpha value is -3.55. The molecule has 2 aromatic rings. The normalized spacial score (nSPS) is 9.96. The molecule has 5 N–H and O–H groups in total. The third-order valence-electron chi connectivity index (χ3n) is 3.31. The molecule has 2 aromatic carbocycles. The Balaban J connectivity index is 2.04. The summed E-state index contributed by atoms with van der Waals surface area (Å²) in [5, 5.41) is 13.5. The number of carboxylic acids is 1. The van der Waals surface area contributed by atoms with Crippen LogP contribution in [0.2, 0.25) is 0 Å². The van der Waals surface area contributed by atoms with Crippen LogP contribution in [0.4, 0.5) is 11.4 Å². The highest BCUT2D eigenvalue weighted by Gasteiger charge is 2.12. The fourth-order valence-electron chi connectivity index (χ4n) is 2.04. The number of aliphatic carboxylic acids is 1. The lowest BCUT2D eigenvalue weighted by Gasteiger charge is -2.09. The molecule has 2 amide bonds. The molecule has 0 saturated heterocycles. The van der Waals surface area contributed by atoms with Crippen LogP contribution in [0.15, 0.2) is 42.5 Å². The van der Waals surface area contributed by atoms with Gasteiger partial charge in [-0.2, -0.15) is 0 Å². The highest BCUT2D eigenvalue weighted by molar-refractivity contribution is 6.08. The lowest BCUT2D eigenvalue weighted by Crippen LogP contribution is -2.29. The van der Waals surface area contributed by atoms with Crippen molar-refractivity contribution in [3.05, 3.63) is 53.6 Å². The van der Waals surface area contributed by atoms with E-state index in [9.17, 15) is 14.4 Å². The Kier molecular flexibility index (Phi) is 5.57. The summed E-state index contributed by atoms with van der Waals surface area (Å²) in [6, 6.07) is 10.7. The van der Waals surface area contributed by atoms with Crippen molar-refractivity contribution in [1.29, 1.82) is 0 Å². The lowest BCUT2D eigenvalue weighted by molar-refractivity contribution is -0.135. The van der Waals surface area contributed by atoms with Gasteiger partial charge in [0.25, 0.3) is 11.8 Å². The van der Waals surface area contributed by atoms with Crippen LogP contribution in [0.25, 0.3) is 0 Å². The Bertz CT molecular complexity index is 802. The average Bonchev–Trinajstić information content (AvgIpc) is 2.59. The first-order chi connectivity index (χ1) is 11.9. The SMILES string of the molecule is COc1ccc(C(=O)Nc2ccc(C(=O)NCC(=O)O)cc2)c(N)c1. The Morgan fingerprint density at radius 3 is 2.32 bits per heavy atom. The molecule has 0 fully saturated rings. The van der Waals surface area contributed by atoms with Crippen molar-refractivity contribution in [3.8, 4) is 5.75 Å². The van der Waals surface area contributed by atoms with Crippen molar-refractivity contribution in [2.75, 3.05) is 24.7 Å². The van der Waals surface area contributed by atoms with Gasteiger partial charge in [-0.1, -0.05) is 0 Å². The highest BCUT2D eigenvalue weighted by atomic mass is 16.5. The third-order valence-corrected chi connectivity index (χ3v) is 3.31. The van der Waals surface area contributed by atoms with E-state index in [0.29, 0.717) is 17.0 Å². The minimum absolute atomic E-state index is 0.279. The summed E-state index contributed by atoms with van der Waals surface area (Å²) in [5.41, 5.74) is 7.15. The molecule has 0 atom stereocenters. The van der Waals surface area contributed by atoms with Gasteiger partial charge in [0.15, 0.2) is 0 Å². The molecular weight excluding hydrogens is 326 g/mol. The van der Waals surface area contributed by atoms with Gasteiger partial charge < -0.3 is 26.2 Å². The molecule has 25 heavy (non-hydrogen) atoms. The average molecular weight is 343 g/mol. The number of carboxylic acid groups (broad SMARTS) is 1. The molecule has 0 aromatic heterocycles. The van der Waals surface area contributed by atoms with Gasteiger partial charge >= 0.3 is 5.97 Å². The van der Waals surface area contributed by atoms with Gasteiger partial charge in [0.2, 0.25) is 0 Å². The second-order valence-corrected chi connectivity index (χ2v) is 5.06. The van der Waals surface area contributed by atoms with Gasteiger partial charge in [0.05, 0.1) is 12.7 Å². The number of amides is 2. The minimum atomic E-state index is -1.13. The van der Waals surface area contributed by atoms with E-state index < -0.39 is 24.3 Å². The Morgan fingerprint density at radius 2 is 1.76 bits per heavy atom. The lowest BCUT2D eigenvalue weighted by atomic mass is 10.1. The zero-order valence-corrected chi connectivity index (χ0v) is 13.4. The summed E-state index contributed by atoms with van der Waals surface area (Å²) in [6.07, 6.45) is 0. The van der Waals surface area contributed by atoms with Crippen LogP contribution in [0, 0.1) is 0 Å². The summed E-state index contributed by atoms with van der Waals surface area (Å²) in [4.78, 5) is 34.4. The van der Waals surface area contributed by atoms with Gasteiger partial charge in [0.1, 0.15) is 12.3 Å². The number of nitrogen functional groups attached to an aromatic ring is 1. The first kappa shape index (κ1) is 17.8. The summed E-state index contributed by atoms with van der Waals surface area (Å²) in [5.74, 6) is -1.50. The standard InChI is InChI=1S/C17H17N3O5/c1-25-12-6-7-13(14(18)8-12)17(24)20-11-4-2-10(3-5-11)16(23)19-9-15(21)22/h2-8H,9,18H2,1H3,(H,19,23)(H,20,24)(H,21,22). The molecule has 0 saturated carbocycles. The quantitative estimate of drug-likeness (QED) is 0.586. The van der Waals surface area contributed by atoms with Gasteiger partial charge in [-0.3, -0.25) is 14.4 Å². The maximum absolute atomic E-state index is 12.3. The summed E-state index contributed by atoms with van der Waals surface area (Å²) >= 11 is 0. The van der Waals surface area contributed by atoms with E-state index in [0.717, 1.165) is 0 Å². The Labute approximate surface area is 143 Å². The maximum Gasteiger partial charge on any atom is 0.322 e. The number of nitrogens with two attached hydrogens (primary N) is 1. The van der Waals surface area contributed by atoms with Crippen molar-refractivity contribution in [1.82, 2.24) is 5.32 Å². The van der Waals surface area contributed by atoms with Gasteiger partial charge in [-0.25, -0.2) is 0 Å².